The van der Waals surface area contributed by atoms with Gasteiger partial charge in [-0.25, -0.2) is 0 Å². The van der Waals surface area contributed by atoms with Gasteiger partial charge < -0.3 is 9.52 Å². The Balaban J connectivity index is 1.78. The lowest BCUT2D eigenvalue weighted by atomic mass is 9.75. The molecule has 156 valence electrons. The van der Waals surface area contributed by atoms with Crippen molar-refractivity contribution in [3.05, 3.63) is 47.5 Å². The van der Waals surface area contributed by atoms with Crippen LogP contribution in [0.5, 0.6) is 0 Å². The van der Waals surface area contributed by atoms with E-state index in [2.05, 4.69) is 45.1 Å². The Hall–Kier alpha value is -1.32. The van der Waals surface area contributed by atoms with Crippen molar-refractivity contribution >= 4 is 17.4 Å². The Kier molecular flexibility index (Phi) is 8.57. The first-order valence-electron chi connectivity index (χ1n) is 10.5. The van der Waals surface area contributed by atoms with E-state index in [0.29, 0.717) is 6.42 Å². The molecule has 28 heavy (non-hydrogen) atoms. The molecule has 0 bridgehead atoms. The smallest absolute Gasteiger partial charge is 0.163 e. The van der Waals surface area contributed by atoms with Crippen LogP contribution in [0.3, 0.4) is 0 Å². The van der Waals surface area contributed by atoms with Gasteiger partial charge in [0, 0.05) is 11.8 Å². The number of carbonyl (C=O) groups is 1. The number of aryl methyl sites for hydroxylation is 1. The zero-order valence-corrected chi connectivity index (χ0v) is 18.5. The van der Waals surface area contributed by atoms with Crippen molar-refractivity contribution in [1.82, 2.24) is 0 Å². The molecule has 1 aliphatic rings. The molecular formula is C24H35ClO3. The molecule has 0 spiro atoms. The fourth-order valence-electron chi connectivity index (χ4n) is 4.01. The zero-order valence-electron chi connectivity index (χ0n) is 17.7. The number of alkyl halides is 1. The third-order valence-electron chi connectivity index (χ3n) is 5.84. The number of hydrogen-bond donors (Lipinski definition) is 1. The van der Waals surface area contributed by atoms with Gasteiger partial charge in [0.05, 0.1) is 11.6 Å². The van der Waals surface area contributed by atoms with Gasteiger partial charge in [-0.3, -0.25) is 4.79 Å². The highest BCUT2D eigenvalue weighted by atomic mass is 35.5. The Morgan fingerprint density at radius 2 is 2.18 bits per heavy atom. The lowest BCUT2D eigenvalue weighted by molar-refractivity contribution is -0.127. The van der Waals surface area contributed by atoms with E-state index < -0.39 is 11.5 Å². The second-order valence-corrected chi connectivity index (χ2v) is 9.40. The molecular weight excluding hydrogens is 372 g/mol. The molecule has 1 aromatic heterocycles. The maximum atomic E-state index is 11.9. The van der Waals surface area contributed by atoms with E-state index in [1.165, 1.54) is 17.6 Å². The number of fused-ring (bicyclic) bond motifs is 1. The number of furan rings is 1. The molecule has 0 fully saturated rings. The molecule has 0 aliphatic heterocycles. The maximum absolute atomic E-state index is 11.9. The van der Waals surface area contributed by atoms with Gasteiger partial charge in [-0.1, -0.05) is 30.7 Å². The van der Waals surface area contributed by atoms with Crippen LogP contribution in [0.25, 0.3) is 0 Å². The molecule has 4 heteroatoms. The SMILES string of the molecule is C/C(=C/C=C/[C@]1(C)CCCc2ccoc21)CCC[C@H](C)CC(=O)[C@@H](O)[C@H](C)Cl. The van der Waals surface area contributed by atoms with Gasteiger partial charge in [0.1, 0.15) is 11.9 Å². The number of allylic oxidation sites excluding steroid dienone is 4. The Labute approximate surface area is 174 Å². The number of rotatable bonds is 10. The molecule has 0 radical (unpaired) electrons. The van der Waals surface area contributed by atoms with E-state index in [-0.39, 0.29) is 17.1 Å². The largest absolute Gasteiger partial charge is 0.468 e. The standard InChI is InChI=1S/C24H35ClO3/c1-17(8-5-9-18(2)16-21(26)22(27)19(3)25)10-6-13-24(4)14-7-11-20-12-15-28-23(20)24/h6,10,12-13,15,18-19,22,27H,5,7-9,11,14,16H2,1-4H3/b13-6+,17-10-/t18-,19-,22-,24+/m0/s1. The summed E-state index contributed by atoms with van der Waals surface area (Å²) in [4.78, 5) is 11.9. The molecule has 0 saturated carbocycles. The summed E-state index contributed by atoms with van der Waals surface area (Å²) in [5.41, 5.74) is 2.67. The highest BCUT2D eigenvalue weighted by molar-refractivity contribution is 6.22. The normalized spacial score (nSPS) is 23.4. The van der Waals surface area contributed by atoms with Crippen molar-refractivity contribution < 1.29 is 14.3 Å². The third kappa shape index (κ3) is 6.35. The highest BCUT2D eigenvalue weighted by Crippen LogP contribution is 2.38. The Morgan fingerprint density at radius 1 is 1.43 bits per heavy atom. The van der Waals surface area contributed by atoms with Crippen LogP contribution in [0.15, 0.2) is 40.5 Å². The molecule has 4 atom stereocenters. The summed E-state index contributed by atoms with van der Waals surface area (Å²) in [7, 11) is 0. The van der Waals surface area contributed by atoms with Crippen molar-refractivity contribution in [3.8, 4) is 0 Å². The molecule has 2 rings (SSSR count). The van der Waals surface area contributed by atoms with Gasteiger partial charge in [0.25, 0.3) is 0 Å². The monoisotopic (exact) mass is 406 g/mol. The predicted octanol–water partition coefficient (Wildman–Crippen LogP) is 6.13. The van der Waals surface area contributed by atoms with Gasteiger partial charge >= 0.3 is 0 Å². The van der Waals surface area contributed by atoms with Crippen LogP contribution in [0.4, 0.5) is 0 Å². The third-order valence-corrected chi connectivity index (χ3v) is 6.07. The van der Waals surface area contributed by atoms with Crippen LogP contribution in [-0.2, 0) is 16.6 Å². The van der Waals surface area contributed by atoms with Crippen LogP contribution in [-0.4, -0.2) is 22.4 Å². The summed E-state index contributed by atoms with van der Waals surface area (Å²) in [5.74, 6) is 1.23. The minimum atomic E-state index is -1.05. The minimum absolute atomic E-state index is 0.0108. The number of Topliss-reactive ketones (excluding diaryl/α,β-unsaturated/α-hetero) is 1. The van der Waals surface area contributed by atoms with Crippen molar-refractivity contribution in [2.75, 3.05) is 0 Å². The first kappa shape index (κ1) is 23.0. The average molecular weight is 407 g/mol. The fraction of sp³-hybridized carbons (Fsp3) is 0.625. The topological polar surface area (TPSA) is 50.4 Å². The van der Waals surface area contributed by atoms with Crippen LogP contribution >= 0.6 is 11.6 Å². The van der Waals surface area contributed by atoms with E-state index in [4.69, 9.17) is 16.0 Å². The first-order chi connectivity index (χ1) is 13.2. The first-order valence-corrected chi connectivity index (χ1v) is 10.9. The second kappa shape index (κ2) is 10.5. The maximum Gasteiger partial charge on any atom is 0.163 e. The van der Waals surface area contributed by atoms with Crippen LogP contribution < -0.4 is 0 Å². The van der Waals surface area contributed by atoms with Gasteiger partial charge in [-0.2, -0.15) is 0 Å². The molecule has 0 amide bonds. The van der Waals surface area contributed by atoms with Crippen molar-refractivity contribution in [3.63, 3.8) is 0 Å². The number of hydrogen-bond acceptors (Lipinski definition) is 3. The van der Waals surface area contributed by atoms with Gasteiger partial charge in [0.2, 0.25) is 0 Å². The summed E-state index contributed by atoms with van der Waals surface area (Å²) in [6.45, 7) is 8.12. The molecule has 1 N–H and O–H groups in total. The summed E-state index contributed by atoms with van der Waals surface area (Å²) < 4.78 is 5.76. The number of aliphatic hydroxyl groups is 1. The highest BCUT2D eigenvalue weighted by Gasteiger charge is 2.32. The van der Waals surface area contributed by atoms with Crippen LogP contribution in [0.1, 0.15) is 77.5 Å². The Bertz CT molecular complexity index is 700. The molecule has 3 nitrogen and oxygen atoms in total. The van der Waals surface area contributed by atoms with Gasteiger partial charge in [0.15, 0.2) is 5.78 Å². The number of aliphatic hydroxyl groups excluding tert-OH is 1. The van der Waals surface area contributed by atoms with Crippen LogP contribution in [0.2, 0.25) is 0 Å². The minimum Gasteiger partial charge on any atom is -0.468 e. The predicted molar refractivity (Wildman–Crippen MR) is 116 cm³/mol. The molecule has 1 aliphatic carbocycles. The quantitative estimate of drug-likeness (QED) is 0.375. The lowest BCUT2D eigenvalue weighted by Gasteiger charge is -2.29. The average Bonchev–Trinajstić information content (AvgIpc) is 3.11. The van der Waals surface area contributed by atoms with Crippen molar-refractivity contribution in [2.24, 2.45) is 5.92 Å². The van der Waals surface area contributed by atoms with Gasteiger partial charge in [-0.15, -0.1) is 11.6 Å². The second-order valence-electron chi connectivity index (χ2n) is 8.71. The summed E-state index contributed by atoms with van der Waals surface area (Å²) in [5, 5.41) is 9.20. The van der Waals surface area contributed by atoms with E-state index in [1.54, 1.807) is 6.92 Å². The lowest BCUT2D eigenvalue weighted by Crippen LogP contribution is -2.29. The summed E-state index contributed by atoms with van der Waals surface area (Å²) in [6.07, 6.45) is 14.2. The van der Waals surface area contributed by atoms with E-state index in [1.807, 2.05) is 6.26 Å². The fourth-order valence-corrected chi connectivity index (χ4v) is 4.15. The van der Waals surface area contributed by atoms with E-state index in [0.717, 1.165) is 37.9 Å². The van der Waals surface area contributed by atoms with Crippen molar-refractivity contribution in [1.29, 1.82) is 0 Å². The molecule has 0 unspecified atom stereocenters. The number of carbonyl (C=O) groups excluding carboxylic acids is 1. The zero-order chi connectivity index (χ0) is 20.7. The number of halogens is 1. The summed E-state index contributed by atoms with van der Waals surface area (Å²) >= 11 is 5.80. The molecule has 1 heterocycles. The molecule has 0 saturated heterocycles. The summed E-state index contributed by atoms with van der Waals surface area (Å²) in [6, 6.07) is 2.10. The van der Waals surface area contributed by atoms with E-state index >= 15 is 0 Å². The van der Waals surface area contributed by atoms with Crippen molar-refractivity contribution in [2.45, 2.75) is 89.5 Å². The van der Waals surface area contributed by atoms with Crippen LogP contribution in [0, 0.1) is 5.92 Å². The Morgan fingerprint density at radius 3 is 2.89 bits per heavy atom. The molecule has 0 aromatic carbocycles. The molecule has 1 aromatic rings. The number of ketones is 1. The van der Waals surface area contributed by atoms with Gasteiger partial charge in [-0.05, 0) is 76.8 Å². The van der Waals surface area contributed by atoms with E-state index in [9.17, 15) is 9.90 Å².